The van der Waals surface area contributed by atoms with Gasteiger partial charge in [-0.15, -0.1) is 11.3 Å². The van der Waals surface area contributed by atoms with Crippen molar-refractivity contribution in [1.29, 1.82) is 0 Å². The number of halogens is 1. The number of aliphatic imine (C=N–C) groups is 1. The van der Waals surface area contributed by atoms with Crippen molar-refractivity contribution in [2.45, 2.75) is 0 Å². The Hall–Kier alpha value is -2.51. The van der Waals surface area contributed by atoms with E-state index in [4.69, 9.17) is 9.47 Å². The van der Waals surface area contributed by atoms with Gasteiger partial charge in [0.15, 0.2) is 5.70 Å². The summed E-state index contributed by atoms with van der Waals surface area (Å²) in [6.45, 7) is 3.17. The van der Waals surface area contributed by atoms with Crippen molar-refractivity contribution in [3.63, 3.8) is 0 Å². The summed E-state index contributed by atoms with van der Waals surface area (Å²) < 4.78 is 23.8. The van der Waals surface area contributed by atoms with E-state index in [1.165, 1.54) is 12.1 Å². The first-order valence-electron chi connectivity index (χ1n) is 7.90. The van der Waals surface area contributed by atoms with Crippen LogP contribution < -0.4 is 4.90 Å². The van der Waals surface area contributed by atoms with Crippen LogP contribution in [0.2, 0.25) is 0 Å². The van der Waals surface area contributed by atoms with E-state index >= 15 is 0 Å². The van der Waals surface area contributed by atoms with Crippen LogP contribution in [-0.4, -0.2) is 38.2 Å². The summed E-state index contributed by atoms with van der Waals surface area (Å²) in [5, 5.41) is 1.14. The standard InChI is InChI=1S/C18H15FN2O3S/c19-13-3-1-2-12(10-13)17-20-15(18(22)24-17)11-14-4-5-16(25-14)21-6-8-23-9-7-21/h1-5,10-11H,6-9H2/b15-11-. The van der Waals surface area contributed by atoms with Crippen LogP contribution in [0.4, 0.5) is 9.39 Å². The lowest BCUT2D eigenvalue weighted by Crippen LogP contribution is -2.35. The predicted molar refractivity (Wildman–Crippen MR) is 94.4 cm³/mol. The smallest absolute Gasteiger partial charge is 0.363 e. The van der Waals surface area contributed by atoms with Crippen LogP contribution in [0.5, 0.6) is 0 Å². The molecule has 2 aliphatic rings. The molecule has 1 aromatic heterocycles. The fourth-order valence-electron chi connectivity index (χ4n) is 2.66. The van der Waals surface area contributed by atoms with Crippen molar-refractivity contribution in [2.24, 2.45) is 4.99 Å². The number of carbonyl (C=O) groups excluding carboxylic acids is 1. The molecule has 25 heavy (non-hydrogen) atoms. The summed E-state index contributed by atoms with van der Waals surface area (Å²) >= 11 is 1.58. The first kappa shape index (κ1) is 16.0. The maximum atomic E-state index is 13.3. The molecule has 5 nitrogen and oxygen atoms in total. The number of nitrogens with zero attached hydrogens (tertiary/aromatic N) is 2. The first-order valence-corrected chi connectivity index (χ1v) is 8.72. The summed E-state index contributed by atoms with van der Waals surface area (Å²) in [4.78, 5) is 19.4. The zero-order valence-corrected chi connectivity index (χ0v) is 14.1. The van der Waals surface area contributed by atoms with Gasteiger partial charge < -0.3 is 14.4 Å². The predicted octanol–water partition coefficient (Wildman–Crippen LogP) is 3.07. The highest BCUT2D eigenvalue weighted by atomic mass is 32.1. The van der Waals surface area contributed by atoms with Crippen molar-refractivity contribution in [1.82, 2.24) is 0 Å². The second-order valence-electron chi connectivity index (χ2n) is 5.62. The molecular weight excluding hydrogens is 343 g/mol. The summed E-state index contributed by atoms with van der Waals surface area (Å²) in [5.41, 5.74) is 0.659. The minimum atomic E-state index is -0.527. The molecule has 1 aromatic carbocycles. The van der Waals surface area contributed by atoms with Crippen LogP contribution in [0, 0.1) is 5.82 Å². The minimum absolute atomic E-state index is 0.126. The topological polar surface area (TPSA) is 51.1 Å². The molecule has 1 saturated heterocycles. The van der Waals surface area contributed by atoms with Crippen LogP contribution in [0.1, 0.15) is 10.4 Å². The van der Waals surface area contributed by atoms with E-state index in [0.717, 1.165) is 36.2 Å². The fraction of sp³-hybridized carbons (Fsp3) is 0.222. The number of thiophene rings is 1. The van der Waals surface area contributed by atoms with Gasteiger partial charge in [0.05, 0.1) is 18.2 Å². The average Bonchev–Trinajstić information content (AvgIpc) is 3.24. The van der Waals surface area contributed by atoms with Gasteiger partial charge in [-0.1, -0.05) is 6.07 Å². The molecular formula is C18H15FN2O3S. The van der Waals surface area contributed by atoms with E-state index in [1.54, 1.807) is 29.5 Å². The second kappa shape index (κ2) is 6.78. The van der Waals surface area contributed by atoms with Gasteiger partial charge in [0.1, 0.15) is 5.82 Å². The number of cyclic esters (lactones) is 1. The fourth-order valence-corrected chi connectivity index (χ4v) is 3.66. The third kappa shape index (κ3) is 3.47. The average molecular weight is 358 g/mol. The molecule has 0 N–H and O–H groups in total. The van der Waals surface area contributed by atoms with E-state index in [1.807, 2.05) is 12.1 Å². The normalized spacial score (nSPS) is 19.2. The van der Waals surface area contributed by atoms with Crippen molar-refractivity contribution in [3.05, 3.63) is 58.4 Å². The zero-order chi connectivity index (χ0) is 17.2. The maximum absolute atomic E-state index is 13.3. The number of carbonyl (C=O) groups is 1. The molecule has 1 fully saturated rings. The molecule has 128 valence electrons. The number of hydrogen-bond acceptors (Lipinski definition) is 6. The van der Waals surface area contributed by atoms with Gasteiger partial charge >= 0.3 is 5.97 Å². The largest absolute Gasteiger partial charge is 0.402 e. The molecule has 0 atom stereocenters. The Labute approximate surface area is 148 Å². The van der Waals surface area contributed by atoms with Gasteiger partial charge in [-0.05, 0) is 36.4 Å². The van der Waals surface area contributed by atoms with Gasteiger partial charge in [0, 0.05) is 23.5 Å². The van der Waals surface area contributed by atoms with E-state index in [2.05, 4.69) is 9.89 Å². The van der Waals surface area contributed by atoms with Crippen LogP contribution in [0.15, 0.2) is 47.1 Å². The van der Waals surface area contributed by atoms with E-state index in [9.17, 15) is 9.18 Å². The Balaban J connectivity index is 1.56. The van der Waals surface area contributed by atoms with Gasteiger partial charge in [-0.2, -0.15) is 0 Å². The number of esters is 1. The quantitative estimate of drug-likeness (QED) is 0.625. The van der Waals surface area contributed by atoms with Crippen LogP contribution in [0.3, 0.4) is 0 Å². The Morgan fingerprint density at radius 1 is 1.20 bits per heavy atom. The molecule has 2 aliphatic heterocycles. The lowest BCUT2D eigenvalue weighted by atomic mass is 10.2. The molecule has 0 spiro atoms. The lowest BCUT2D eigenvalue weighted by molar-refractivity contribution is -0.129. The Morgan fingerprint density at radius 3 is 2.84 bits per heavy atom. The van der Waals surface area contributed by atoms with Crippen molar-refractivity contribution < 1.29 is 18.7 Å². The maximum Gasteiger partial charge on any atom is 0.363 e. The molecule has 0 unspecified atom stereocenters. The number of morpholine rings is 1. The Morgan fingerprint density at radius 2 is 2.04 bits per heavy atom. The highest BCUT2D eigenvalue weighted by Gasteiger charge is 2.24. The number of ether oxygens (including phenoxy) is 2. The lowest BCUT2D eigenvalue weighted by Gasteiger charge is -2.27. The molecule has 0 aliphatic carbocycles. The third-order valence-corrected chi connectivity index (χ3v) is 5.00. The first-order chi connectivity index (χ1) is 12.2. The SMILES string of the molecule is O=C1OC(c2cccc(F)c2)=N/C1=C\c1ccc(N2CCOCC2)s1. The number of anilines is 1. The molecule has 0 saturated carbocycles. The van der Waals surface area contributed by atoms with Crippen LogP contribution in [0.25, 0.3) is 6.08 Å². The third-order valence-electron chi connectivity index (χ3n) is 3.91. The highest BCUT2D eigenvalue weighted by molar-refractivity contribution is 7.16. The molecule has 0 amide bonds. The van der Waals surface area contributed by atoms with Gasteiger partial charge in [-0.25, -0.2) is 14.2 Å². The number of hydrogen-bond donors (Lipinski definition) is 0. The van der Waals surface area contributed by atoms with E-state index in [0.29, 0.717) is 5.56 Å². The van der Waals surface area contributed by atoms with Crippen molar-refractivity contribution in [2.75, 3.05) is 31.2 Å². The van der Waals surface area contributed by atoms with E-state index < -0.39 is 11.8 Å². The highest BCUT2D eigenvalue weighted by Crippen LogP contribution is 2.29. The van der Waals surface area contributed by atoms with Crippen LogP contribution >= 0.6 is 11.3 Å². The van der Waals surface area contributed by atoms with Gasteiger partial charge in [0.2, 0.25) is 5.90 Å². The zero-order valence-electron chi connectivity index (χ0n) is 13.3. The van der Waals surface area contributed by atoms with Crippen molar-refractivity contribution in [3.8, 4) is 0 Å². The Kier molecular flexibility index (Phi) is 4.33. The molecule has 2 aromatic rings. The molecule has 0 bridgehead atoms. The van der Waals surface area contributed by atoms with Crippen molar-refractivity contribution >= 4 is 34.3 Å². The second-order valence-corrected chi connectivity index (χ2v) is 6.72. The number of benzene rings is 1. The van der Waals surface area contributed by atoms with Crippen LogP contribution in [-0.2, 0) is 14.3 Å². The molecule has 7 heteroatoms. The van der Waals surface area contributed by atoms with Gasteiger partial charge in [0.25, 0.3) is 0 Å². The molecule has 4 rings (SSSR count). The monoisotopic (exact) mass is 358 g/mol. The minimum Gasteiger partial charge on any atom is -0.402 e. The summed E-state index contributed by atoms with van der Waals surface area (Å²) in [6, 6.07) is 9.80. The van der Waals surface area contributed by atoms with E-state index in [-0.39, 0.29) is 11.6 Å². The van der Waals surface area contributed by atoms with Gasteiger partial charge in [-0.3, -0.25) is 0 Å². The summed E-state index contributed by atoms with van der Waals surface area (Å²) in [7, 11) is 0. The Bertz CT molecular complexity index is 869. The number of rotatable bonds is 3. The summed E-state index contributed by atoms with van der Waals surface area (Å²) in [6.07, 6.45) is 1.70. The summed E-state index contributed by atoms with van der Waals surface area (Å²) in [5.74, 6) is -0.802. The molecule has 3 heterocycles. The molecule has 0 radical (unpaired) electrons.